The Labute approximate surface area is 165 Å². The number of benzene rings is 1. The minimum Gasteiger partial charge on any atom is -0.438 e. The predicted octanol–water partition coefficient (Wildman–Crippen LogP) is 1.96. The van der Waals surface area contributed by atoms with Gasteiger partial charge in [0, 0.05) is 19.6 Å². The van der Waals surface area contributed by atoms with E-state index in [1.54, 1.807) is 4.90 Å². The molecule has 7 nitrogen and oxygen atoms in total. The monoisotopic (exact) mass is 413 g/mol. The van der Waals surface area contributed by atoms with Crippen LogP contribution in [0, 0.1) is 0 Å². The van der Waals surface area contributed by atoms with E-state index in [2.05, 4.69) is 29.1 Å². The number of halogens is 1. The van der Waals surface area contributed by atoms with Gasteiger partial charge in [0.05, 0.1) is 6.04 Å². The number of amides is 1. The fourth-order valence-electron chi connectivity index (χ4n) is 3.04. The summed E-state index contributed by atoms with van der Waals surface area (Å²) in [6.07, 6.45) is 0.959. The minimum atomic E-state index is -3.71. The third-order valence-electron chi connectivity index (χ3n) is 4.60. The molecule has 9 heteroatoms. The number of piperazine rings is 1. The fraction of sp³-hybridized carbons (Fsp3) is 0.389. The smallest absolute Gasteiger partial charge is 0.290 e. The molecule has 1 aromatic heterocycles. The van der Waals surface area contributed by atoms with Crippen LogP contribution < -0.4 is 10.0 Å². The molecular formula is C18H24ClN3O4S. The molecule has 1 amide bonds. The standard InChI is InChI=1S/C18H23N3O4S.ClH/c1-3-13-4-6-14(7-5-13)15-12-20-10-11-21(15)18(22)16-8-9-17(25-16)26(23,24)19-2;/h4-9,15,19-20H,3,10-12H2,1-2H3;1H. The number of carbonyl (C=O) groups excluding carboxylic acids is 1. The summed E-state index contributed by atoms with van der Waals surface area (Å²) in [6, 6.07) is 10.8. The fourth-order valence-corrected chi connectivity index (χ4v) is 3.69. The second-order valence-electron chi connectivity index (χ2n) is 6.14. The van der Waals surface area contributed by atoms with E-state index in [1.807, 2.05) is 12.1 Å². The van der Waals surface area contributed by atoms with E-state index < -0.39 is 10.0 Å². The maximum Gasteiger partial charge on any atom is 0.290 e. The van der Waals surface area contributed by atoms with Crippen molar-refractivity contribution in [2.24, 2.45) is 0 Å². The molecule has 0 spiro atoms. The van der Waals surface area contributed by atoms with Gasteiger partial charge < -0.3 is 14.6 Å². The molecule has 1 unspecified atom stereocenters. The number of furan rings is 1. The molecule has 3 rings (SSSR count). The highest BCUT2D eigenvalue weighted by molar-refractivity contribution is 7.89. The van der Waals surface area contributed by atoms with Gasteiger partial charge in [0.1, 0.15) is 0 Å². The van der Waals surface area contributed by atoms with E-state index in [-0.39, 0.29) is 35.2 Å². The third kappa shape index (κ3) is 4.52. The Bertz CT molecular complexity index is 880. The lowest BCUT2D eigenvalue weighted by molar-refractivity contribution is 0.0596. The van der Waals surface area contributed by atoms with Gasteiger partial charge in [-0.05, 0) is 36.7 Å². The van der Waals surface area contributed by atoms with Gasteiger partial charge in [0.15, 0.2) is 5.76 Å². The lowest BCUT2D eigenvalue weighted by Crippen LogP contribution is -2.48. The summed E-state index contributed by atoms with van der Waals surface area (Å²) in [7, 11) is -2.42. The molecule has 1 atom stereocenters. The normalized spacial score (nSPS) is 17.4. The first-order valence-corrected chi connectivity index (χ1v) is 10.1. The van der Waals surface area contributed by atoms with Crippen LogP contribution in [0.25, 0.3) is 0 Å². The molecule has 2 aromatic rings. The molecule has 0 radical (unpaired) electrons. The van der Waals surface area contributed by atoms with Crippen molar-refractivity contribution in [3.05, 3.63) is 53.3 Å². The summed E-state index contributed by atoms with van der Waals surface area (Å²) >= 11 is 0. The summed E-state index contributed by atoms with van der Waals surface area (Å²) in [4.78, 5) is 14.7. The van der Waals surface area contributed by atoms with Crippen LogP contribution in [-0.4, -0.2) is 45.9 Å². The molecular weight excluding hydrogens is 390 g/mol. The highest BCUT2D eigenvalue weighted by atomic mass is 35.5. The van der Waals surface area contributed by atoms with Crippen molar-refractivity contribution in [2.45, 2.75) is 24.5 Å². The predicted molar refractivity (Wildman–Crippen MR) is 105 cm³/mol. The van der Waals surface area contributed by atoms with Gasteiger partial charge in [-0.3, -0.25) is 4.79 Å². The van der Waals surface area contributed by atoms with E-state index >= 15 is 0 Å². The van der Waals surface area contributed by atoms with Crippen LogP contribution in [-0.2, 0) is 16.4 Å². The van der Waals surface area contributed by atoms with Crippen molar-refractivity contribution in [3.63, 3.8) is 0 Å². The van der Waals surface area contributed by atoms with Gasteiger partial charge in [0.25, 0.3) is 15.9 Å². The maximum absolute atomic E-state index is 12.9. The van der Waals surface area contributed by atoms with Crippen LogP contribution >= 0.6 is 12.4 Å². The second-order valence-corrected chi connectivity index (χ2v) is 7.96. The Morgan fingerprint density at radius 2 is 1.96 bits per heavy atom. The van der Waals surface area contributed by atoms with Crippen molar-refractivity contribution >= 4 is 28.3 Å². The van der Waals surface area contributed by atoms with Crippen molar-refractivity contribution in [1.29, 1.82) is 0 Å². The van der Waals surface area contributed by atoms with Crippen molar-refractivity contribution < 1.29 is 17.6 Å². The Morgan fingerprint density at radius 3 is 2.59 bits per heavy atom. The Hall–Kier alpha value is -1.87. The Morgan fingerprint density at radius 1 is 1.26 bits per heavy atom. The molecule has 2 N–H and O–H groups in total. The third-order valence-corrected chi connectivity index (χ3v) is 5.89. The molecule has 27 heavy (non-hydrogen) atoms. The molecule has 1 aliphatic rings. The number of hydrogen-bond acceptors (Lipinski definition) is 5. The van der Waals surface area contributed by atoms with Crippen LogP contribution in [0.5, 0.6) is 0 Å². The quantitative estimate of drug-likeness (QED) is 0.781. The highest BCUT2D eigenvalue weighted by Gasteiger charge is 2.31. The van der Waals surface area contributed by atoms with Gasteiger partial charge >= 0.3 is 0 Å². The number of nitrogens with one attached hydrogen (secondary N) is 2. The van der Waals surface area contributed by atoms with Crippen LogP contribution in [0.15, 0.2) is 45.9 Å². The number of nitrogens with zero attached hydrogens (tertiary/aromatic N) is 1. The molecule has 148 valence electrons. The van der Waals surface area contributed by atoms with E-state index in [1.165, 1.54) is 24.7 Å². The second kappa shape index (κ2) is 8.88. The molecule has 2 heterocycles. The molecule has 0 bridgehead atoms. The summed E-state index contributed by atoms with van der Waals surface area (Å²) in [5.74, 6) is -0.287. The number of sulfonamides is 1. The van der Waals surface area contributed by atoms with Crippen molar-refractivity contribution in [2.75, 3.05) is 26.7 Å². The summed E-state index contributed by atoms with van der Waals surface area (Å²) in [5.41, 5.74) is 2.28. The Balaban J connectivity index is 0.00000261. The van der Waals surface area contributed by atoms with Crippen LogP contribution in [0.1, 0.15) is 34.6 Å². The van der Waals surface area contributed by atoms with Crippen LogP contribution in [0.3, 0.4) is 0 Å². The average molecular weight is 414 g/mol. The van der Waals surface area contributed by atoms with Crippen LogP contribution in [0.4, 0.5) is 0 Å². The van der Waals surface area contributed by atoms with Crippen LogP contribution in [0.2, 0.25) is 0 Å². The molecule has 1 aromatic carbocycles. The SMILES string of the molecule is CCc1ccc(C2CNCCN2C(=O)c2ccc(S(=O)(=O)NC)o2)cc1.Cl. The molecule has 1 fully saturated rings. The highest BCUT2D eigenvalue weighted by Crippen LogP contribution is 2.26. The zero-order chi connectivity index (χ0) is 18.7. The summed E-state index contributed by atoms with van der Waals surface area (Å²) < 4.78 is 31.1. The topological polar surface area (TPSA) is 91.7 Å². The lowest BCUT2D eigenvalue weighted by Gasteiger charge is -2.36. The largest absolute Gasteiger partial charge is 0.438 e. The average Bonchev–Trinajstić information content (AvgIpc) is 3.18. The van der Waals surface area contributed by atoms with E-state index in [0.717, 1.165) is 12.0 Å². The first kappa shape index (κ1) is 21.4. The van der Waals surface area contributed by atoms with Gasteiger partial charge in [0.2, 0.25) is 5.09 Å². The number of aryl methyl sites for hydroxylation is 1. The van der Waals surface area contributed by atoms with Gasteiger partial charge in [-0.1, -0.05) is 31.2 Å². The molecule has 0 aliphatic carbocycles. The zero-order valence-corrected chi connectivity index (χ0v) is 16.9. The summed E-state index contributed by atoms with van der Waals surface area (Å²) in [5, 5.41) is 3.04. The number of hydrogen-bond donors (Lipinski definition) is 2. The summed E-state index contributed by atoms with van der Waals surface area (Å²) in [6.45, 7) is 3.94. The van der Waals surface area contributed by atoms with Crippen molar-refractivity contribution in [1.82, 2.24) is 14.9 Å². The van der Waals surface area contributed by atoms with Gasteiger partial charge in [-0.15, -0.1) is 12.4 Å². The first-order chi connectivity index (χ1) is 12.5. The first-order valence-electron chi connectivity index (χ1n) is 8.60. The van der Waals surface area contributed by atoms with Gasteiger partial charge in [-0.25, -0.2) is 13.1 Å². The van der Waals surface area contributed by atoms with E-state index in [9.17, 15) is 13.2 Å². The lowest BCUT2D eigenvalue weighted by atomic mass is 10.0. The minimum absolute atomic E-state index is 0. The van der Waals surface area contributed by atoms with E-state index in [0.29, 0.717) is 19.6 Å². The molecule has 0 saturated carbocycles. The molecule has 1 aliphatic heterocycles. The number of carbonyl (C=O) groups is 1. The molecule has 1 saturated heterocycles. The van der Waals surface area contributed by atoms with Gasteiger partial charge in [-0.2, -0.15) is 0 Å². The van der Waals surface area contributed by atoms with Crippen molar-refractivity contribution in [3.8, 4) is 0 Å². The van der Waals surface area contributed by atoms with E-state index in [4.69, 9.17) is 4.42 Å². The number of rotatable bonds is 5. The zero-order valence-electron chi connectivity index (χ0n) is 15.3. The Kier molecular flexibility index (Phi) is 7.05. The maximum atomic E-state index is 12.9.